The lowest BCUT2D eigenvalue weighted by Gasteiger charge is -2.26. The molecule has 3 heterocycles. The van der Waals surface area contributed by atoms with Gasteiger partial charge in [0.25, 0.3) is 5.95 Å². The van der Waals surface area contributed by atoms with E-state index in [4.69, 9.17) is 12.2 Å². The van der Waals surface area contributed by atoms with Crippen LogP contribution in [0.25, 0.3) is 5.95 Å². The Bertz CT molecular complexity index is 1070. The second-order valence-electron chi connectivity index (χ2n) is 7.71. The summed E-state index contributed by atoms with van der Waals surface area (Å²) in [4.78, 5) is 0. The van der Waals surface area contributed by atoms with E-state index in [-0.39, 0.29) is 0 Å². The number of aryl methyl sites for hydroxylation is 3. The highest BCUT2D eigenvalue weighted by molar-refractivity contribution is 7.71. The largest absolute Gasteiger partial charge is 0.345 e. The van der Waals surface area contributed by atoms with Gasteiger partial charge >= 0.3 is 0 Å². The second kappa shape index (κ2) is 7.50. The smallest absolute Gasteiger partial charge is 0.271 e. The summed E-state index contributed by atoms with van der Waals surface area (Å²) in [5, 5.41) is 16.3. The molecule has 0 atom stereocenters. The Labute approximate surface area is 170 Å². The zero-order valence-electron chi connectivity index (χ0n) is 16.9. The normalized spacial score (nSPS) is 15.7. The zero-order valence-corrected chi connectivity index (χ0v) is 17.8. The maximum Gasteiger partial charge on any atom is 0.271 e. The maximum absolute atomic E-state index is 5.39. The van der Waals surface area contributed by atoms with Crippen LogP contribution in [0, 0.1) is 32.5 Å². The fraction of sp³-hybridized carbons (Fsp3) is 0.500. The van der Waals surface area contributed by atoms with Crippen molar-refractivity contribution in [3.05, 3.63) is 45.2 Å². The van der Waals surface area contributed by atoms with Gasteiger partial charge in [-0.15, -0.1) is 5.10 Å². The summed E-state index contributed by atoms with van der Waals surface area (Å²) < 4.78 is 6.31. The lowest BCUT2D eigenvalue weighted by Crippen LogP contribution is -2.15. The highest BCUT2D eigenvalue weighted by atomic mass is 32.1. The molecule has 0 amide bonds. The number of hydrogen-bond acceptors (Lipinski definition) is 4. The molecule has 3 aromatic heterocycles. The number of nitrogens with zero attached hydrogens (tertiary/aromatic N) is 6. The Hall–Kier alpha value is -2.48. The minimum atomic E-state index is 0.444. The molecule has 28 heavy (non-hydrogen) atoms. The van der Waals surface area contributed by atoms with Crippen molar-refractivity contribution in [2.45, 2.75) is 65.8 Å². The van der Waals surface area contributed by atoms with E-state index >= 15 is 0 Å². The average molecular weight is 398 g/mol. The summed E-state index contributed by atoms with van der Waals surface area (Å²) in [7, 11) is 0. The van der Waals surface area contributed by atoms with E-state index in [0.717, 1.165) is 17.0 Å². The lowest BCUT2D eigenvalue weighted by atomic mass is 9.95. The fourth-order valence-corrected chi connectivity index (χ4v) is 4.48. The van der Waals surface area contributed by atoms with Gasteiger partial charge in [-0.2, -0.15) is 14.9 Å². The second-order valence-corrected chi connectivity index (χ2v) is 8.10. The van der Waals surface area contributed by atoms with Crippen LogP contribution in [-0.2, 0) is 0 Å². The third kappa shape index (κ3) is 3.37. The Kier molecular flexibility index (Phi) is 5.05. The van der Waals surface area contributed by atoms with Crippen LogP contribution >= 0.6 is 12.2 Å². The first-order valence-electron chi connectivity index (χ1n) is 9.89. The molecule has 7 nitrogen and oxygen atoms in total. The highest BCUT2D eigenvalue weighted by Gasteiger charge is 2.19. The number of aromatic nitrogens is 6. The molecule has 1 saturated carbocycles. The summed E-state index contributed by atoms with van der Waals surface area (Å²) in [5.41, 5.74) is 5.58. The number of H-pyrrole nitrogens is 1. The number of hydrogen-bond donors (Lipinski definition) is 1. The first-order valence-corrected chi connectivity index (χ1v) is 10.3. The minimum Gasteiger partial charge on any atom is -0.345 e. The quantitative estimate of drug-likeness (QED) is 0.519. The summed E-state index contributed by atoms with van der Waals surface area (Å²) in [6.07, 6.45) is 8.41. The van der Waals surface area contributed by atoms with Crippen molar-refractivity contribution in [3.63, 3.8) is 0 Å². The van der Waals surface area contributed by atoms with Crippen LogP contribution in [-0.4, -0.2) is 35.4 Å². The van der Waals surface area contributed by atoms with E-state index < -0.39 is 0 Å². The van der Waals surface area contributed by atoms with Crippen molar-refractivity contribution < 1.29 is 0 Å². The molecule has 1 aliphatic rings. The number of aromatic amines is 1. The van der Waals surface area contributed by atoms with Crippen LogP contribution in [0.1, 0.15) is 66.5 Å². The molecule has 0 aromatic carbocycles. The molecule has 8 heteroatoms. The first kappa shape index (κ1) is 18.9. The molecule has 1 N–H and O–H groups in total. The van der Waals surface area contributed by atoms with E-state index in [1.165, 1.54) is 43.5 Å². The van der Waals surface area contributed by atoms with Crippen LogP contribution in [0.3, 0.4) is 0 Å². The molecular formula is C20H27N7S. The summed E-state index contributed by atoms with van der Waals surface area (Å²) >= 11 is 5.39. The molecule has 0 bridgehead atoms. The van der Waals surface area contributed by atoms with Gasteiger partial charge in [-0.3, -0.25) is 0 Å². The Morgan fingerprint density at radius 1 is 1.11 bits per heavy atom. The van der Waals surface area contributed by atoms with Crippen molar-refractivity contribution in [2.75, 3.05) is 0 Å². The molecule has 0 radical (unpaired) electrons. The summed E-state index contributed by atoms with van der Waals surface area (Å²) in [5.74, 6) is 0.563. The molecule has 4 rings (SSSR count). The minimum absolute atomic E-state index is 0.444. The van der Waals surface area contributed by atoms with Crippen LogP contribution in [0.2, 0.25) is 0 Å². The van der Waals surface area contributed by atoms with Gasteiger partial charge in [0.15, 0.2) is 0 Å². The fourth-order valence-electron chi connectivity index (χ4n) is 4.31. The Morgan fingerprint density at radius 2 is 1.86 bits per heavy atom. The van der Waals surface area contributed by atoms with Crippen LogP contribution in [0.15, 0.2) is 17.2 Å². The van der Waals surface area contributed by atoms with Gasteiger partial charge in [-0.1, -0.05) is 19.3 Å². The zero-order chi connectivity index (χ0) is 19.8. The predicted molar refractivity (Wildman–Crippen MR) is 113 cm³/mol. The molecule has 0 spiro atoms. The monoisotopic (exact) mass is 397 g/mol. The van der Waals surface area contributed by atoms with Crippen molar-refractivity contribution >= 4 is 18.4 Å². The molecule has 0 aliphatic heterocycles. The lowest BCUT2D eigenvalue weighted by molar-refractivity contribution is 0.346. The van der Waals surface area contributed by atoms with Gasteiger partial charge in [0.1, 0.15) is 0 Å². The van der Waals surface area contributed by atoms with Crippen molar-refractivity contribution in [1.82, 2.24) is 29.2 Å². The van der Waals surface area contributed by atoms with Crippen LogP contribution < -0.4 is 0 Å². The van der Waals surface area contributed by atoms with E-state index in [2.05, 4.69) is 44.9 Å². The topological polar surface area (TPSA) is 68.7 Å². The predicted octanol–water partition coefficient (Wildman–Crippen LogP) is 4.55. The van der Waals surface area contributed by atoms with Crippen LogP contribution in [0.5, 0.6) is 0 Å². The Morgan fingerprint density at radius 3 is 2.54 bits per heavy atom. The third-order valence-electron chi connectivity index (χ3n) is 5.61. The number of nitrogens with one attached hydrogen (secondary N) is 1. The van der Waals surface area contributed by atoms with Crippen molar-refractivity contribution in [3.8, 4) is 5.95 Å². The van der Waals surface area contributed by atoms with Gasteiger partial charge < -0.3 is 4.57 Å². The molecule has 0 saturated heterocycles. The highest BCUT2D eigenvalue weighted by Crippen LogP contribution is 2.31. The van der Waals surface area contributed by atoms with Gasteiger partial charge in [0.05, 0.1) is 11.9 Å². The van der Waals surface area contributed by atoms with E-state index in [1.807, 2.05) is 26.1 Å². The van der Waals surface area contributed by atoms with E-state index in [9.17, 15) is 0 Å². The maximum atomic E-state index is 5.39. The molecule has 148 valence electrons. The molecule has 0 unspecified atom stereocenters. The standard InChI is InChI=1S/C20H27N7S/c1-13-10-15(3)26(24-13)19-22-23-20(28)27(19)21-12-17-11-14(2)25(16(17)4)18-8-6-5-7-9-18/h10-12,18H,5-9H2,1-4H3,(H,23,28)/b21-12-. The van der Waals surface area contributed by atoms with Gasteiger partial charge in [0.2, 0.25) is 4.77 Å². The van der Waals surface area contributed by atoms with Crippen molar-refractivity contribution in [1.29, 1.82) is 0 Å². The Balaban J connectivity index is 1.68. The first-order chi connectivity index (χ1) is 13.5. The van der Waals surface area contributed by atoms with E-state index in [1.54, 1.807) is 9.36 Å². The summed E-state index contributed by atoms with van der Waals surface area (Å²) in [6, 6.07) is 4.82. The molecule has 3 aromatic rings. The van der Waals surface area contributed by atoms with Gasteiger partial charge in [-0.05, 0) is 64.9 Å². The van der Waals surface area contributed by atoms with Gasteiger partial charge in [0, 0.05) is 28.7 Å². The third-order valence-corrected chi connectivity index (χ3v) is 5.87. The van der Waals surface area contributed by atoms with Gasteiger partial charge in [-0.25, -0.2) is 9.78 Å². The average Bonchev–Trinajstić information content (AvgIpc) is 3.29. The number of rotatable bonds is 4. The van der Waals surface area contributed by atoms with E-state index in [0.29, 0.717) is 16.8 Å². The molecule has 1 aliphatic carbocycles. The van der Waals surface area contributed by atoms with Crippen molar-refractivity contribution in [2.24, 2.45) is 5.10 Å². The SMILES string of the molecule is Cc1cc(C)n(-c2n[nH]c(=S)n2/N=C\c2cc(C)n(C3CCCCC3)c2C)n1. The molecular weight excluding hydrogens is 370 g/mol. The van der Waals surface area contributed by atoms with Crippen LogP contribution in [0.4, 0.5) is 0 Å². The summed E-state index contributed by atoms with van der Waals surface area (Å²) in [6.45, 7) is 8.31. The molecule has 1 fully saturated rings.